The van der Waals surface area contributed by atoms with Crippen LogP contribution in [0.4, 0.5) is 0 Å². The molecule has 0 bridgehead atoms. The van der Waals surface area contributed by atoms with Crippen LogP contribution in [0.3, 0.4) is 0 Å². The first-order valence-corrected chi connectivity index (χ1v) is 6.95. The maximum atomic E-state index is 7.49. The van der Waals surface area contributed by atoms with Gasteiger partial charge >= 0.3 is 0 Å². The highest BCUT2D eigenvalue weighted by Crippen LogP contribution is 2.27. The van der Waals surface area contributed by atoms with Gasteiger partial charge in [-0.25, -0.2) is 9.97 Å². The first kappa shape index (κ1) is 13.5. The van der Waals surface area contributed by atoms with Crippen LogP contribution in [0.5, 0.6) is 11.6 Å². The highest BCUT2D eigenvalue weighted by molar-refractivity contribution is 9.10. The molecule has 0 amide bonds. The molecule has 0 spiro atoms. The molecular weight excluding hydrogens is 332 g/mol. The van der Waals surface area contributed by atoms with E-state index in [0.29, 0.717) is 5.75 Å². The quantitative estimate of drug-likeness (QED) is 0.563. The molecule has 5 nitrogen and oxygen atoms in total. The van der Waals surface area contributed by atoms with Crippen molar-refractivity contribution < 1.29 is 4.74 Å². The third-order valence-corrected chi connectivity index (χ3v) is 3.40. The number of hydrogen-bond acceptors (Lipinski definition) is 4. The summed E-state index contributed by atoms with van der Waals surface area (Å²) in [4.78, 5) is 8.08. The highest BCUT2D eigenvalue weighted by Gasteiger charge is 2.10. The Morgan fingerprint density at radius 1 is 1.05 bits per heavy atom. The molecule has 1 aromatic heterocycles. The van der Waals surface area contributed by atoms with Gasteiger partial charge in [-0.05, 0) is 35.0 Å². The Labute approximate surface area is 129 Å². The van der Waals surface area contributed by atoms with Crippen molar-refractivity contribution in [3.63, 3.8) is 0 Å². The Hall–Kier alpha value is -2.47. The minimum atomic E-state index is -0.178. The van der Waals surface area contributed by atoms with E-state index in [9.17, 15) is 0 Å². The Balaban J connectivity index is 1.99. The molecule has 3 aromatic rings. The maximum absolute atomic E-state index is 7.49. The molecule has 0 unspecified atom stereocenters. The molecule has 6 heteroatoms. The Bertz CT molecular complexity index is 835. The van der Waals surface area contributed by atoms with Crippen LogP contribution in [-0.2, 0) is 0 Å². The van der Waals surface area contributed by atoms with Crippen LogP contribution in [0, 0.1) is 5.41 Å². The predicted molar refractivity (Wildman–Crippen MR) is 84.8 cm³/mol. The molecule has 104 valence electrons. The van der Waals surface area contributed by atoms with E-state index in [1.807, 2.05) is 36.4 Å². The Kier molecular flexibility index (Phi) is 3.53. The summed E-state index contributed by atoms with van der Waals surface area (Å²) >= 11 is 3.44. The molecule has 0 aliphatic carbocycles. The number of benzene rings is 2. The summed E-state index contributed by atoms with van der Waals surface area (Å²) in [5.74, 6) is 0.664. The van der Waals surface area contributed by atoms with Gasteiger partial charge in [0, 0.05) is 16.9 Å². The summed E-state index contributed by atoms with van der Waals surface area (Å²) in [6.07, 6.45) is 2.97. The number of aromatic nitrogens is 2. The summed E-state index contributed by atoms with van der Waals surface area (Å²) in [5, 5.41) is 9.63. The van der Waals surface area contributed by atoms with Crippen molar-refractivity contribution in [2.24, 2.45) is 5.73 Å². The van der Waals surface area contributed by atoms with Crippen LogP contribution in [0.25, 0.3) is 10.8 Å². The zero-order chi connectivity index (χ0) is 14.8. The molecule has 0 aliphatic rings. The second-order valence-corrected chi connectivity index (χ2v) is 5.29. The fourth-order valence-electron chi connectivity index (χ4n) is 1.95. The van der Waals surface area contributed by atoms with Crippen molar-refractivity contribution in [1.29, 1.82) is 5.41 Å². The minimum Gasteiger partial charge on any atom is -0.437 e. The zero-order valence-electron chi connectivity index (χ0n) is 10.9. The van der Waals surface area contributed by atoms with Gasteiger partial charge in [0.05, 0.1) is 0 Å². The first-order chi connectivity index (χ1) is 10.1. The number of hydrogen-bond donors (Lipinski definition) is 2. The third-order valence-electron chi connectivity index (χ3n) is 2.91. The topological polar surface area (TPSA) is 84.9 Å². The Morgan fingerprint density at radius 3 is 2.57 bits per heavy atom. The number of amidine groups is 1. The predicted octanol–water partition coefficient (Wildman–Crippen LogP) is 3.47. The van der Waals surface area contributed by atoms with Gasteiger partial charge in [0.2, 0.25) is 5.88 Å². The van der Waals surface area contributed by atoms with Crippen LogP contribution < -0.4 is 10.5 Å². The lowest BCUT2D eigenvalue weighted by Crippen LogP contribution is -2.15. The summed E-state index contributed by atoms with van der Waals surface area (Å²) in [5.41, 5.74) is 5.70. The summed E-state index contributed by atoms with van der Waals surface area (Å²) in [6.45, 7) is 0. The van der Waals surface area contributed by atoms with Crippen molar-refractivity contribution in [3.05, 3.63) is 59.0 Å². The molecule has 0 radical (unpaired) electrons. The minimum absolute atomic E-state index is 0.178. The number of halogens is 1. The number of fused-ring (bicyclic) bond motifs is 1. The van der Waals surface area contributed by atoms with E-state index in [1.165, 1.54) is 12.4 Å². The van der Waals surface area contributed by atoms with E-state index in [1.54, 1.807) is 0 Å². The summed E-state index contributed by atoms with van der Waals surface area (Å²) in [6, 6.07) is 11.7. The van der Waals surface area contributed by atoms with Crippen LogP contribution in [-0.4, -0.2) is 15.8 Å². The van der Waals surface area contributed by atoms with Gasteiger partial charge in [-0.3, -0.25) is 5.41 Å². The molecule has 2 aromatic carbocycles. The van der Waals surface area contributed by atoms with Gasteiger partial charge in [0.15, 0.2) is 5.69 Å². The van der Waals surface area contributed by atoms with Crippen LogP contribution in [0.15, 0.2) is 53.3 Å². The van der Waals surface area contributed by atoms with Crippen LogP contribution in [0.2, 0.25) is 0 Å². The highest BCUT2D eigenvalue weighted by atomic mass is 79.9. The molecule has 21 heavy (non-hydrogen) atoms. The van der Waals surface area contributed by atoms with E-state index in [-0.39, 0.29) is 17.4 Å². The molecule has 0 aliphatic heterocycles. The van der Waals surface area contributed by atoms with Crippen molar-refractivity contribution in [2.75, 3.05) is 0 Å². The number of nitrogens with zero attached hydrogens (tertiary/aromatic N) is 2. The smallest absolute Gasteiger partial charge is 0.249 e. The van der Waals surface area contributed by atoms with Crippen molar-refractivity contribution in [2.45, 2.75) is 0 Å². The lowest BCUT2D eigenvalue weighted by Gasteiger charge is -2.08. The number of ether oxygens (including phenoxy) is 1. The molecule has 3 rings (SSSR count). The fraction of sp³-hybridized carbons (Fsp3) is 0. The standard InChI is InChI=1S/C15H11BrN4O/c16-11-3-1-10-8-12(4-2-9(10)7-11)21-15-13(14(17)18)19-5-6-20-15/h1-8H,(H3,17,18). The van der Waals surface area contributed by atoms with Crippen molar-refractivity contribution in [1.82, 2.24) is 9.97 Å². The summed E-state index contributed by atoms with van der Waals surface area (Å²) < 4.78 is 6.73. The molecule has 0 saturated carbocycles. The van der Waals surface area contributed by atoms with Crippen LogP contribution in [0.1, 0.15) is 5.69 Å². The second-order valence-electron chi connectivity index (χ2n) is 4.38. The van der Waals surface area contributed by atoms with Crippen molar-refractivity contribution in [3.8, 4) is 11.6 Å². The number of nitrogens with one attached hydrogen (secondary N) is 1. The second kappa shape index (κ2) is 5.49. The van der Waals surface area contributed by atoms with Gasteiger partial charge in [-0.1, -0.05) is 28.1 Å². The SMILES string of the molecule is N=C(N)c1nccnc1Oc1ccc2cc(Br)ccc2c1. The van der Waals surface area contributed by atoms with E-state index >= 15 is 0 Å². The fourth-order valence-corrected chi connectivity index (χ4v) is 2.33. The molecule has 0 fully saturated rings. The lowest BCUT2D eigenvalue weighted by molar-refractivity contribution is 0.459. The van der Waals surface area contributed by atoms with Gasteiger partial charge in [-0.2, -0.15) is 0 Å². The number of nitrogens with two attached hydrogens (primary N) is 1. The number of nitrogen functional groups attached to an aromatic ring is 1. The molecule has 0 saturated heterocycles. The average molecular weight is 343 g/mol. The van der Waals surface area contributed by atoms with Gasteiger partial charge < -0.3 is 10.5 Å². The van der Waals surface area contributed by atoms with Crippen molar-refractivity contribution >= 4 is 32.5 Å². The zero-order valence-corrected chi connectivity index (χ0v) is 12.5. The largest absolute Gasteiger partial charge is 0.437 e. The van der Waals surface area contributed by atoms with Gasteiger partial charge in [-0.15, -0.1) is 0 Å². The average Bonchev–Trinajstić information content (AvgIpc) is 2.48. The summed E-state index contributed by atoms with van der Waals surface area (Å²) in [7, 11) is 0. The molecular formula is C15H11BrN4O. The van der Waals surface area contributed by atoms with Crippen LogP contribution >= 0.6 is 15.9 Å². The lowest BCUT2D eigenvalue weighted by atomic mass is 10.1. The maximum Gasteiger partial charge on any atom is 0.249 e. The normalized spacial score (nSPS) is 10.5. The molecule has 1 heterocycles. The van der Waals surface area contributed by atoms with Gasteiger partial charge in [0.25, 0.3) is 0 Å². The third kappa shape index (κ3) is 2.85. The van der Waals surface area contributed by atoms with Gasteiger partial charge in [0.1, 0.15) is 11.6 Å². The van der Waals surface area contributed by atoms with E-state index < -0.39 is 0 Å². The van der Waals surface area contributed by atoms with E-state index in [4.69, 9.17) is 15.9 Å². The molecule has 0 atom stereocenters. The Morgan fingerprint density at radius 2 is 1.76 bits per heavy atom. The van der Waals surface area contributed by atoms with E-state index in [0.717, 1.165) is 15.2 Å². The monoisotopic (exact) mass is 342 g/mol. The first-order valence-electron chi connectivity index (χ1n) is 6.16. The number of rotatable bonds is 3. The van der Waals surface area contributed by atoms with E-state index in [2.05, 4.69) is 25.9 Å². The molecule has 3 N–H and O–H groups in total.